The molecule has 0 aliphatic rings. The first kappa shape index (κ1) is 33.0. The molecule has 1 N–H and O–H groups in total. The molecular formula is C35H64O. The first-order chi connectivity index (χ1) is 17.0. The van der Waals surface area contributed by atoms with E-state index in [4.69, 9.17) is 0 Å². The lowest BCUT2D eigenvalue weighted by Crippen LogP contribution is -2.18. The molecule has 0 aromatic heterocycles. The van der Waals surface area contributed by atoms with Gasteiger partial charge < -0.3 is 5.11 Å². The Morgan fingerprint density at radius 2 is 0.861 bits per heavy atom. The largest absolute Gasteiger partial charge is 0.507 e. The van der Waals surface area contributed by atoms with Crippen molar-refractivity contribution in [3.63, 3.8) is 0 Å². The Bertz CT molecular complexity index is 653. The Balaban J connectivity index is 2.20. The van der Waals surface area contributed by atoms with Crippen LogP contribution in [0.3, 0.4) is 0 Å². The Hall–Kier alpha value is -0.980. The maximum Gasteiger partial charge on any atom is 0.123 e. The zero-order valence-corrected chi connectivity index (χ0v) is 25.9. The molecule has 1 aromatic rings. The van der Waals surface area contributed by atoms with Gasteiger partial charge in [-0.05, 0) is 39.9 Å². The number of aromatic hydroxyl groups is 1. The second-order valence-corrected chi connectivity index (χ2v) is 13.8. The fourth-order valence-corrected chi connectivity index (χ4v) is 5.43. The minimum absolute atomic E-state index is 0.0479. The number of hydrogen-bond donors (Lipinski definition) is 1. The second-order valence-electron chi connectivity index (χ2n) is 13.8. The lowest BCUT2D eigenvalue weighted by atomic mass is 9.77. The zero-order chi connectivity index (χ0) is 27.0. The number of phenols is 1. The van der Waals surface area contributed by atoms with Gasteiger partial charge in [0.1, 0.15) is 5.75 Å². The van der Waals surface area contributed by atoms with Crippen molar-refractivity contribution in [3.05, 3.63) is 28.8 Å². The molecule has 0 radical (unpaired) electrons. The van der Waals surface area contributed by atoms with Crippen LogP contribution in [0.15, 0.2) is 12.1 Å². The molecule has 0 heterocycles. The van der Waals surface area contributed by atoms with Crippen LogP contribution in [0.25, 0.3) is 0 Å². The van der Waals surface area contributed by atoms with Crippen molar-refractivity contribution in [1.82, 2.24) is 0 Å². The molecule has 0 saturated carbocycles. The van der Waals surface area contributed by atoms with Crippen LogP contribution in [0.1, 0.15) is 194 Å². The highest BCUT2D eigenvalue weighted by atomic mass is 16.3. The van der Waals surface area contributed by atoms with E-state index in [9.17, 15) is 5.11 Å². The molecule has 1 nitrogen and oxygen atoms in total. The van der Waals surface area contributed by atoms with Crippen LogP contribution < -0.4 is 0 Å². The van der Waals surface area contributed by atoms with Crippen LogP contribution >= 0.6 is 0 Å². The molecule has 0 spiro atoms. The maximum absolute atomic E-state index is 11.0. The number of hydrogen-bond acceptors (Lipinski definition) is 1. The third kappa shape index (κ3) is 13.5. The summed E-state index contributed by atoms with van der Waals surface area (Å²) in [6.45, 7) is 17.9. The highest BCUT2D eigenvalue weighted by molar-refractivity contribution is 5.50. The van der Waals surface area contributed by atoms with E-state index < -0.39 is 0 Å². The summed E-state index contributed by atoms with van der Waals surface area (Å²) in [4.78, 5) is 0. The van der Waals surface area contributed by atoms with Gasteiger partial charge >= 0.3 is 0 Å². The Morgan fingerprint density at radius 1 is 0.556 bits per heavy atom. The number of unbranched alkanes of at least 4 members (excludes halogenated alkanes) is 16. The molecule has 0 aliphatic heterocycles. The second kappa shape index (κ2) is 17.5. The predicted molar refractivity (Wildman–Crippen MR) is 163 cm³/mol. The van der Waals surface area contributed by atoms with E-state index in [-0.39, 0.29) is 10.8 Å². The number of rotatable bonds is 19. The zero-order valence-electron chi connectivity index (χ0n) is 25.9. The first-order valence-corrected chi connectivity index (χ1v) is 15.9. The smallest absolute Gasteiger partial charge is 0.123 e. The average Bonchev–Trinajstić information content (AvgIpc) is 2.79. The van der Waals surface area contributed by atoms with Gasteiger partial charge in [0.15, 0.2) is 0 Å². The van der Waals surface area contributed by atoms with Gasteiger partial charge in [-0.3, -0.25) is 0 Å². The maximum atomic E-state index is 11.0. The van der Waals surface area contributed by atoms with Crippen LogP contribution in [0.4, 0.5) is 0 Å². The molecule has 1 unspecified atom stereocenters. The minimum atomic E-state index is -0.0479. The van der Waals surface area contributed by atoms with Gasteiger partial charge in [-0.1, -0.05) is 177 Å². The summed E-state index contributed by atoms with van der Waals surface area (Å²) in [6, 6.07) is 4.56. The van der Waals surface area contributed by atoms with Gasteiger partial charge in [-0.25, -0.2) is 0 Å². The van der Waals surface area contributed by atoms with Crippen LogP contribution in [0.2, 0.25) is 0 Å². The van der Waals surface area contributed by atoms with E-state index in [1.165, 1.54) is 121 Å². The molecule has 210 valence electrons. The third-order valence-electron chi connectivity index (χ3n) is 8.06. The van der Waals surface area contributed by atoms with Crippen molar-refractivity contribution in [2.75, 3.05) is 0 Å². The minimum Gasteiger partial charge on any atom is -0.507 e. The molecule has 0 fully saturated rings. The number of phenolic OH excluding ortho intramolecular Hbond substituents is 1. The summed E-state index contributed by atoms with van der Waals surface area (Å²) in [6.07, 6.45) is 25.5. The standard InChI is InChI=1S/C35H64O/c1-9-10-11-12-13-14-15-16-17-18-19-20-21-22-23-24-25-26-29(2)30-27-31(34(3,4)5)33(36)32(28-30)35(6,7)8/h27-29,36H,9-26H2,1-8H3. The Morgan fingerprint density at radius 3 is 1.17 bits per heavy atom. The molecule has 1 atom stereocenters. The van der Waals surface area contributed by atoms with E-state index in [1.54, 1.807) is 0 Å². The summed E-state index contributed by atoms with van der Waals surface area (Å²) >= 11 is 0. The van der Waals surface area contributed by atoms with E-state index in [2.05, 4.69) is 67.5 Å². The summed E-state index contributed by atoms with van der Waals surface area (Å²) in [7, 11) is 0. The Kier molecular flexibility index (Phi) is 16.1. The van der Waals surface area contributed by atoms with Gasteiger partial charge in [-0.15, -0.1) is 0 Å². The summed E-state index contributed by atoms with van der Waals surface area (Å²) in [5.41, 5.74) is 3.50. The molecule has 1 heteroatoms. The topological polar surface area (TPSA) is 20.2 Å². The van der Waals surface area contributed by atoms with Crippen molar-refractivity contribution >= 4 is 0 Å². The highest BCUT2D eigenvalue weighted by Crippen LogP contribution is 2.41. The van der Waals surface area contributed by atoms with E-state index >= 15 is 0 Å². The van der Waals surface area contributed by atoms with Crippen molar-refractivity contribution in [2.24, 2.45) is 0 Å². The van der Waals surface area contributed by atoms with Gasteiger partial charge in [0.2, 0.25) is 0 Å². The quantitative estimate of drug-likeness (QED) is 0.187. The van der Waals surface area contributed by atoms with Crippen molar-refractivity contribution < 1.29 is 5.11 Å². The lowest BCUT2D eigenvalue weighted by Gasteiger charge is -2.29. The highest BCUT2D eigenvalue weighted by Gasteiger charge is 2.27. The molecule has 36 heavy (non-hydrogen) atoms. The predicted octanol–water partition coefficient (Wildman–Crippen LogP) is 12.1. The molecular weight excluding hydrogens is 436 g/mol. The van der Waals surface area contributed by atoms with E-state index in [0.29, 0.717) is 11.7 Å². The van der Waals surface area contributed by atoms with Crippen LogP contribution in [-0.4, -0.2) is 5.11 Å². The SMILES string of the molecule is CCCCCCCCCCCCCCCCCCCC(C)c1cc(C(C)(C)C)c(O)c(C(C)(C)C)c1. The molecule has 0 saturated heterocycles. The third-order valence-corrected chi connectivity index (χ3v) is 8.06. The van der Waals surface area contributed by atoms with Crippen LogP contribution in [0, 0.1) is 0 Å². The monoisotopic (exact) mass is 500 g/mol. The molecule has 0 bridgehead atoms. The molecule has 0 aliphatic carbocycles. The normalized spacial score (nSPS) is 13.3. The van der Waals surface area contributed by atoms with E-state index in [1.807, 2.05) is 0 Å². The van der Waals surface area contributed by atoms with Crippen molar-refractivity contribution in [3.8, 4) is 5.75 Å². The van der Waals surface area contributed by atoms with Crippen LogP contribution in [0.5, 0.6) is 5.75 Å². The fraction of sp³-hybridized carbons (Fsp3) is 0.829. The molecule has 1 rings (SSSR count). The van der Waals surface area contributed by atoms with Gasteiger partial charge in [0, 0.05) is 0 Å². The summed E-state index contributed by atoms with van der Waals surface area (Å²) in [5.74, 6) is 1.05. The summed E-state index contributed by atoms with van der Waals surface area (Å²) < 4.78 is 0. The molecule has 0 amide bonds. The average molecular weight is 501 g/mol. The van der Waals surface area contributed by atoms with E-state index in [0.717, 1.165) is 11.1 Å². The van der Waals surface area contributed by atoms with Crippen molar-refractivity contribution in [1.29, 1.82) is 0 Å². The fourth-order valence-electron chi connectivity index (χ4n) is 5.43. The number of benzene rings is 1. The van der Waals surface area contributed by atoms with Gasteiger partial charge in [0.05, 0.1) is 0 Å². The van der Waals surface area contributed by atoms with Gasteiger partial charge in [-0.2, -0.15) is 0 Å². The van der Waals surface area contributed by atoms with Gasteiger partial charge in [0.25, 0.3) is 0 Å². The van der Waals surface area contributed by atoms with Crippen molar-refractivity contribution in [2.45, 2.75) is 188 Å². The lowest BCUT2D eigenvalue weighted by molar-refractivity contribution is 0.422. The summed E-state index contributed by atoms with van der Waals surface area (Å²) in [5, 5.41) is 11.0. The Labute approximate surface area is 227 Å². The first-order valence-electron chi connectivity index (χ1n) is 15.9. The molecule has 1 aromatic carbocycles. The van der Waals surface area contributed by atoms with Crippen LogP contribution in [-0.2, 0) is 10.8 Å².